The van der Waals surface area contributed by atoms with Crippen molar-refractivity contribution >= 4 is 28.9 Å². The number of halogens is 1. The molecule has 5 heteroatoms. The fourth-order valence-electron chi connectivity index (χ4n) is 1.86. The lowest BCUT2D eigenvalue weighted by atomic mass is 10.2. The highest BCUT2D eigenvalue weighted by molar-refractivity contribution is 6.32. The van der Waals surface area contributed by atoms with Crippen molar-refractivity contribution in [2.75, 3.05) is 17.7 Å². The van der Waals surface area contributed by atoms with E-state index >= 15 is 0 Å². The molecule has 0 aliphatic rings. The minimum Gasteiger partial charge on any atom is -0.491 e. The molecule has 21 heavy (non-hydrogen) atoms. The first-order valence-electron chi connectivity index (χ1n) is 6.59. The number of anilines is 2. The summed E-state index contributed by atoms with van der Waals surface area (Å²) in [6.45, 7) is 2.16. The molecule has 2 rings (SSSR count). The number of ether oxygens (including phenoxy) is 1. The smallest absolute Gasteiger partial charge is 0.227 e. The normalized spacial score (nSPS) is 10.2. The number of hydrogen-bond donors (Lipinski definition) is 2. The van der Waals surface area contributed by atoms with Crippen molar-refractivity contribution in [2.45, 2.75) is 13.3 Å². The summed E-state index contributed by atoms with van der Waals surface area (Å²) in [5, 5.41) is 3.37. The topological polar surface area (TPSA) is 64.3 Å². The molecular formula is C16H17ClN2O2. The summed E-state index contributed by atoms with van der Waals surface area (Å²) in [5.74, 6) is 0.463. The second kappa shape index (κ2) is 6.99. The molecule has 110 valence electrons. The van der Waals surface area contributed by atoms with Crippen molar-refractivity contribution < 1.29 is 9.53 Å². The van der Waals surface area contributed by atoms with Crippen molar-refractivity contribution in [1.29, 1.82) is 0 Å². The molecule has 0 bridgehead atoms. The lowest BCUT2D eigenvalue weighted by molar-refractivity contribution is -0.116. The van der Waals surface area contributed by atoms with Gasteiger partial charge in [0.25, 0.3) is 0 Å². The third-order valence-electron chi connectivity index (χ3n) is 2.95. The fraction of sp³-hybridized carbons (Fsp3) is 0.188. The lowest BCUT2D eigenvalue weighted by Gasteiger charge is -2.10. The van der Waals surface area contributed by atoms with Crippen LogP contribution in [0.15, 0.2) is 42.5 Å². The first-order chi connectivity index (χ1) is 10.1. The SMILES string of the molecule is Cc1cc(N)ccc1NC(=O)CCOc1ccccc1Cl. The molecule has 0 heterocycles. The van der Waals surface area contributed by atoms with E-state index in [2.05, 4.69) is 5.32 Å². The summed E-state index contributed by atoms with van der Waals surface area (Å²) in [4.78, 5) is 11.9. The molecule has 0 aliphatic heterocycles. The Morgan fingerprint density at radius 3 is 2.76 bits per heavy atom. The van der Waals surface area contributed by atoms with Crippen LogP contribution in [0.25, 0.3) is 0 Å². The number of hydrogen-bond acceptors (Lipinski definition) is 3. The number of rotatable bonds is 5. The highest BCUT2D eigenvalue weighted by Crippen LogP contribution is 2.23. The molecule has 0 saturated carbocycles. The Kier molecular flexibility index (Phi) is 5.06. The molecule has 0 radical (unpaired) electrons. The van der Waals surface area contributed by atoms with E-state index in [4.69, 9.17) is 22.1 Å². The number of amides is 1. The van der Waals surface area contributed by atoms with Gasteiger partial charge < -0.3 is 15.8 Å². The Bertz CT molecular complexity index is 644. The second-order valence-corrected chi connectivity index (χ2v) is 5.06. The van der Waals surface area contributed by atoms with Crippen LogP contribution in [-0.4, -0.2) is 12.5 Å². The van der Waals surface area contributed by atoms with Gasteiger partial charge in [-0.25, -0.2) is 0 Å². The van der Waals surface area contributed by atoms with Crippen LogP contribution in [0.4, 0.5) is 11.4 Å². The minimum atomic E-state index is -0.116. The average Bonchev–Trinajstić information content (AvgIpc) is 2.44. The molecule has 2 aromatic carbocycles. The fourth-order valence-corrected chi connectivity index (χ4v) is 2.05. The zero-order valence-corrected chi connectivity index (χ0v) is 12.5. The second-order valence-electron chi connectivity index (χ2n) is 4.65. The van der Waals surface area contributed by atoms with Gasteiger partial charge in [0.2, 0.25) is 5.91 Å². The summed E-state index contributed by atoms with van der Waals surface area (Å²) in [6, 6.07) is 12.5. The van der Waals surface area contributed by atoms with Gasteiger partial charge in [0.05, 0.1) is 18.1 Å². The Balaban J connectivity index is 1.84. The van der Waals surface area contributed by atoms with Gasteiger partial charge in [-0.05, 0) is 42.8 Å². The number of aryl methyl sites for hydroxylation is 1. The predicted octanol–water partition coefficient (Wildman–Crippen LogP) is 3.64. The van der Waals surface area contributed by atoms with Crippen molar-refractivity contribution in [3.05, 3.63) is 53.1 Å². The average molecular weight is 305 g/mol. The monoisotopic (exact) mass is 304 g/mol. The van der Waals surface area contributed by atoms with Gasteiger partial charge in [0, 0.05) is 11.4 Å². The van der Waals surface area contributed by atoms with Gasteiger partial charge in [0.1, 0.15) is 5.75 Å². The molecule has 4 nitrogen and oxygen atoms in total. The molecule has 3 N–H and O–H groups in total. The van der Waals surface area contributed by atoms with E-state index in [1.165, 1.54) is 0 Å². The van der Waals surface area contributed by atoms with Crippen LogP contribution < -0.4 is 15.8 Å². The van der Waals surface area contributed by atoms with E-state index in [9.17, 15) is 4.79 Å². The van der Waals surface area contributed by atoms with Crippen LogP contribution in [0.2, 0.25) is 5.02 Å². The van der Waals surface area contributed by atoms with E-state index < -0.39 is 0 Å². The highest BCUT2D eigenvalue weighted by Gasteiger charge is 2.06. The standard InChI is InChI=1S/C16H17ClN2O2/c1-11-10-12(18)6-7-14(11)19-16(20)8-9-21-15-5-3-2-4-13(15)17/h2-7,10H,8-9,18H2,1H3,(H,19,20). The molecule has 2 aromatic rings. The van der Waals surface area contributed by atoms with Crippen molar-refractivity contribution in [3.63, 3.8) is 0 Å². The maximum Gasteiger partial charge on any atom is 0.227 e. The van der Waals surface area contributed by atoms with Crippen LogP contribution >= 0.6 is 11.6 Å². The number of nitrogens with two attached hydrogens (primary N) is 1. The third kappa shape index (κ3) is 4.39. The first-order valence-corrected chi connectivity index (χ1v) is 6.97. The number of nitrogen functional groups attached to an aromatic ring is 1. The summed E-state index contributed by atoms with van der Waals surface area (Å²) in [7, 11) is 0. The van der Waals surface area contributed by atoms with E-state index in [1.807, 2.05) is 25.1 Å². The van der Waals surface area contributed by atoms with Crippen LogP contribution in [0.5, 0.6) is 5.75 Å². The molecule has 0 aliphatic carbocycles. The Morgan fingerprint density at radius 2 is 2.05 bits per heavy atom. The minimum absolute atomic E-state index is 0.116. The molecule has 0 aromatic heterocycles. The number of nitrogens with one attached hydrogen (secondary N) is 1. The summed E-state index contributed by atoms with van der Waals surface area (Å²) in [6.07, 6.45) is 0.245. The first kappa shape index (κ1) is 15.2. The molecule has 0 spiro atoms. The maximum atomic E-state index is 11.9. The molecular weight excluding hydrogens is 288 g/mol. The van der Waals surface area contributed by atoms with Gasteiger partial charge in [-0.15, -0.1) is 0 Å². The largest absolute Gasteiger partial charge is 0.491 e. The zero-order chi connectivity index (χ0) is 15.2. The van der Waals surface area contributed by atoms with Crippen LogP contribution in [0.1, 0.15) is 12.0 Å². The quantitative estimate of drug-likeness (QED) is 0.829. The van der Waals surface area contributed by atoms with E-state index in [-0.39, 0.29) is 18.9 Å². The number of para-hydroxylation sites is 1. The van der Waals surface area contributed by atoms with Crippen molar-refractivity contribution in [1.82, 2.24) is 0 Å². The van der Waals surface area contributed by atoms with Gasteiger partial charge in [-0.2, -0.15) is 0 Å². The van der Waals surface area contributed by atoms with E-state index in [1.54, 1.807) is 24.3 Å². The van der Waals surface area contributed by atoms with Gasteiger partial charge in [0.15, 0.2) is 0 Å². The Hall–Kier alpha value is -2.20. The van der Waals surface area contributed by atoms with E-state index in [0.29, 0.717) is 16.5 Å². The van der Waals surface area contributed by atoms with Gasteiger partial charge >= 0.3 is 0 Å². The molecule has 0 fully saturated rings. The Labute approximate surface area is 128 Å². The summed E-state index contributed by atoms with van der Waals surface area (Å²) in [5.41, 5.74) is 8.03. The number of carbonyl (C=O) groups is 1. The molecule has 0 atom stereocenters. The third-order valence-corrected chi connectivity index (χ3v) is 3.26. The van der Waals surface area contributed by atoms with E-state index in [0.717, 1.165) is 11.3 Å². The maximum absolute atomic E-state index is 11.9. The number of carbonyl (C=O) groups excluding carboxylic acids is 1. The molecule has 0 unspecified atom stereocenters. The van der Waals surface area contributed by atoms with Gasteiger partial charge in [-0.3, -0.25) is 4.79 Å². The predicted molar refractivity (Wildman–Crippen MR) is 85.8 cm³/mol. The highest BCUT2D eigenvalue weighted by atomic mass is 35.5. The zero-order valence-electron chi connectivity index (χ0n) is 11.7. The lowest BCUT2D eigenvalue weighted by Crippen LogP contribution is -2.16. The van der Waals surface area contributed by atoms with Crippen molar-refractivity contribution in [2.24, 2.45) is 0 Å². The summed E-state index contributed by atoms with van der Waals surface area (Å²) < 4.78 is 5.48. The van der Waals surface area contributed by atoms with Crippen LogP contribution in [0.3, 0.4) is 0 Å². The molecule has 1 amide bonds. The summed E-state index contributed by atoms with van der Waals surface area (Å²) >= 11 is 5.97. The molecule has 0 saturated heterocycles. The number of benzene rings is 2. The Morgan fingerprint density at radius 1 is 1.29 bits per heavy atom. The van der Waals surface area contributed by atoms with Crippen molar-refractivity contribution in [3.8, 4) is 5.75 Å². The van der Waals surface area contributed by atoms with Crippen LogP contribution in [0, 0.1) is 6.92 Å². The van der Waals surface area contributed by atoms with Gasteiger partial charge in [-0.1, -0.05) is 23.7 Å². The van der Waals surface area contributed by atoms with Crippen LogP contribution in [-0.2, 0) is 4.79 Å².